The minimum atomic E-state index is -1.42. The van der Waals surface area contributed by atoms with Gasteiger partial charge in [-0.2, -0.15) is 0 Å². The van der Waals surface area contributed by atoms with Gasteiger partial charge in [0.25, 0.3) is 0 Å². The van der Waals surface area contributed by atoms with Gasteiger partial charge in [-0.05, 0) is 117 Å². The number of rotatable bonds is 7. The van der Waals surface area contributed by atoms with Crippen LogP contribution < -0.4 is 5.19 Å². The SMILES string of the molecule is C=C(CC1CCC(C2(C3C4CCCCC4C4CCCCC43)CCC2)C1)C[Si](C)(C)c1ccccc1. The Labute approximate surface area is 217 Å². The Kier molecular flexibility index (Phi) is 6.87. The van der Waals surface area contributed by atoms with Crippen LogP contribution in [0.4, 0.5) is 0 Å². The largest absolute Gasteiger partial charge is 0.100 e. The molecule has 0 aliphatic heterocycles. The lowest BCUT2D eigenvalue weighted by Crippen LogP contribution is -2.48. The number of benzene rings is 1. The molecule has 0 spiro atoms. The van der Waals surface area contributed by atoms with Crippen molar-refractivity contribution in [2.45, 2.75) is 115 Å². The Morgan fingerprint density at radius 3 is 1.97 bits per heavy atom. The summed E-state index contributed by atoms with van der Waals surface area (Å²) in [6.07, 6.45) is 23.2. The maximum atomic E-state index is 4.67. The van der Waals surface area contributed by atoms with E-state index in [0.717, 1.165) is 46.8 Å². The van der Waals surface area contributed by atoms with E-state index < -0.39 is 8.07 Å². The second-order valence-electron chi connectivity index (χ2n) is 14.6. The highest BCUT2D eigenvalue weighted by atomic mass is 28.3. The predicted octanol–water partition coefficient (Wildman–Crippen LogP) is 9.38. The van der Waals surface area contributed by atoms with Crippen LogP contribution in [0.15, 0.2) is 42.5 Å². The number of hydrogen-bond acceptors (Lipinski definition) is 0. The average molecular weight is 489 g/mol. The molecule has 6 atom stereocenters. The molecule has 0 N–H and O–H groups in total. The Bertz CT molecular complexity index is 857. The summed E-state index contributed by atoms with van der Waals surface area (Å²) in [5, 5.41) is 1.60. The third-order valence-electron chi connectivity index (χ3n) is 12.3. The van der Waals surface area contributed by atoms with Gasteiger partial charge in [-0.25, -0.2) is 0 Å². The fourth-order valence-electron chi connectivity index (χ4n) is 11.0. The second kappa shape index (κ2) is 9.81. The van der Waals surface area contributed by atoms with Crippen molar-refractivity contribution in [3.63, 3.8) is 0 Å². The summed E-state index contributed by atoms with van der Waals surface area (Å²) in [5.41, 5.74) is 2.32. The first kappa shape index (κ1) is 24.5. The third-order valence-corrected chi connectivity index (χ3v) is 15.6. The highest BCUT2D eigenvalue weighted by molar-refractivity contribution is 6.90. The zero-order chi connectivity index (χ0) is 24.0. The smallest absolute Gasteiger partial charge is 0.0845 e. The summed E-state index contributed by atoms with van der Waals surface area (Å²) in [4.78, 5) is 0. The summed E-state index contributed by atoms with van der Waals surface area (Å²) in [5.74, 6) is 7.56. The zero-order valence-electron chi connectivity index (χ0n) is 22.9. The summed E-state index contributed by atoms with van der Waals surface area (Å²) in [6.45, 7) is 9.77. The van der Waals surface area contributed by atoms with Crippen LogP contribution >= 0.6 is 0 Å². The van der Waals surface area contributed by atoms with Gasteiger partial charge in [0.05, 0.1) is 8.07 Å². The van der Waals surface area contributed by atoms with Crippen molar-refractivity contribution in [1.29, 1.82) is 0 Å². The van der Waals surface area contributed by atoms with Crippen LogP contribution in [0.3, 0.4) is 0 Å². The van der Waals surface area contributed by atoms with Crippen LogP contribution in [-0.2, 0) is 0 Å². The average Bonchev–Trinajstić information content (AvgIpc) is 3.43. The lowest BCUT2D eigenvalue weighted by molar-refractivity contribution is -0.0669. The molecule has 0 heterocycles. The molecular weight excluding hydrogens is 436 g/mol. The molecule has 5 aliphatic rings. The molecule has 0 bridgehead atoms. The predicted molar refractivity (Wildman–Crippen MR) is 154 cm³/mol. The standard InChI is InChI=1S/C34H52Si/c1-25(24-35(2,3)28-12-5-4-6-13-28)22-26-18-19-27(23-26)34(20-11-21-34)33-31-16-9-7-14-29(31)30-15-8-10-17-32(30)33/h4-6,12-13,26-27,29-33H,1,7-11,14-24H2,2-3H3. The van der Waals surface area contributed by atoms with Crippen molar-refractivity contribution in [2.75, 3.05) is 0 Å². The van der Waals surface area contributed by atoms with Crippen LogP contribution in [0.1, 0.15) is 96.3 Å². The van der Waals surface area contributed by atoms with Crippen LogP contribution in [0.5, 0.6) is 0 Å². The van der Waals surface area contributed by atoms with Gasteiger partial charge in [-0.15, -0.1) is 6.58 Å². The maximum absolute atomic E-state index is 4.67. The van der Waals surface area contributed by atoms with Crippen molar-refractivity contribution in [3.8, 4) is 0 Å². The van der Waals surface area contributed by atoms with Gasteiger partial charge in [-0.1, -0.05) is 86.3 Å². The molecule has 6 unspecified atom stereocenters. The molecule has 0 aromatic heterocycles. The Morgan fingerprint density at radius 2 is 1.40 bits per heavy atom. The molecule has 5 aliphatic carbocycles. The van der Waals surface area contributed by atoms with Crippen LogP contribution in [-0.4, -0.2) is 8.07 Å². The molecule has 192 valence electrons. The number of hydrogen-bond donors (Lipinski definition) is 0. The molecule has 0 radical (unpaired) electrons. The molecule has 0 nitrogen and oxygen atoms in total. The number of allylic oxidation sites excluding steroid dienone is 1. The quantitative estimate of drug-likeness (QED) is 0.265. The van der Waals surface area contributed by atoms with Crippen LogP contribution in [0.2, 0.25) is 19.1 Å². The Morgan fingerprint density at radius 1 is 0.800 bits per heavy atom. The van der Waals surface area contributed by atoms with Gasteiger partial charge < -0.3 is 0 Å². The van der Waals surface area contributed by atoms with E-state index in [0.29, 0.717) is 0 Å². The van der Waals surface area contributed by atoms with Crippen molar-refractivity contribution < 1.29 is 0 Å². The van der Waals surface area contributed by atoms with E-state index in [2.05, 4.69) is 50.0 Å². The zero-order valence-corrected chi connectivity index (χ0v) is 23.9. The molecule has 1 aromatic carbocycles. The summed E-state index contributed by atoms with van der Waals surface area (Å²) in [7, 11) is -1.42. The van der Waals surface area contributed by atoms with Crippen molar-refractivity contribution in [3.05, 3.63) is 42.5 Å². The minimum Gasteiger partial charge on any atom is -0.100 e. The summed E-state index contributed by atoms with van der Waals surface area (Å²) in [6, 6.07) is 12.6. The monoisotopic (exact) mass is 488 g/mol. The lowest BCUT2D eigenvalue weighted by atomic mass is 9.49. The molecule has 0 amide bonds. The van der Waals surface area contributed by atoms with Gasteiger partial charge in [0.1, 0.15) is 0 Å². The van der Waals surface area contributed by atoms with Gasteiger partial charge in [0.2, 0.25) is 0 Å². The normalized spacial score (nSPS) is 38.4. The first-order valence-corrected chi connectivity index (χ1v) is 18.9. The van der Waals surface area contributed by atoms with Crippen molar-refractivity contribution in [2.24, 2.45) is 46.8 Å². The molecule has 6 rings (SSSR count). The topological polar surface area (TPSA) is 0 Å². The van der Waals surface area contributed by atoms with Gasteiger partial charge in [0.15, 0.2) is 0 Å². The lowest BCUT2D eigenvalue weighted by Gasteiger charge is -2.56. The first-order valence-electron chi connectivity index (χ1n) is 15.7. The van der Waals surface area contributed by atoms with Gasteiger partial charge >= 0.3 is 0 Å². The molecule has 1 heteroatoms. The Hall–Kier alpha value is -0.823. The molecule has 5 saturated carbocycles. The van der Waals surface area contributed by atoms with Gasteiger partial charge in [-0.3, -0.25) is 0 Å². The highest BCUT2D eigenvalue weighted by Crippen LogP contribution is 2.70. The van der Waals surface area contributed by atoms with E-state index in [1.54, 1.807) is 81.4 Å². The third kappa shape index (κ3) is 4.44. The van der Waals surface area contributed by atoms with Crippen LogP contribution in [0, 0.1) is 46.8 Å². The van der Waals surface area contributed by atoms with E-state index in [1.165, 1.54) is 31.7 Å². The molecule has 1 aromatic rings. The minimum absolute atomic E-state index is 0.755. The summed E-state index contributed by atoms with van der Waals surface area (Å²) < 4.78 is 0. The summed E-state index contributed by atoms with van der Waals surface area (Å²) >= 11 is 0. The molecule has 35 heavy (non-hydrogen) atoms. The van der Waals surface area contributed by atoms with Crippen molar-refractivity contribution in [1.82, 2.24) is 0 Å². The molecular formula is C34H52Si. The molecule has 5 fully saturated rings. The molecule has 0 saturated heterocycles. The highest BCUT2D eigenvalue weighted by Gasteiger charge is 2.62. The van der Waals surface area contributed by atoms with E-state index in [9.17, 15) is 0 Å². The van der Waals surface area contributed by atoms with Gasteiger partial charge in [0, 0.05) is 0 Å². The van der Waals surface area contributed by atoms with Crippen LogP contribution in [0.25, 0.3) is 0 Å². The van der Waals surface area contributed by atoms with E-state index in [-0.39, 0.29) is 0 Å². The second-order valence-corrected chi connectivity index (χ2v) is 19.3. The van der Waals surface area contributed by atoms with Crippen molar-refractivity contribution >= 4 is 13.3 Å². The van der Waals surface area contributed by atoms with E-state index in [4.69, 9.17) is 0 Å². The fourth-order valence-corrected chi connectivity index (χ4v) is 13.7. The fraction of sp³-hybridized carbons (Fsp3) is 0.765. The first-order chi connectivity index (χ1) is 17.0. The van der Waals surface area contributed by atoms with E-state index >= 15 is 0 Å². The van der Waals surface area contributed by atoms with E-state index in [1.807, 2.05) is 0 Å². The number of fused-ring (bicyclic) bond motifs is 3. The Balaban J connectivity index is 1.13. The maximum Gasteiger partial charge on any atom is 0.0845 e.